The van der Waals surface area contributed by atoms with E-state index in [1.807, 2.05) is 29.2 Å². The van der Waals surface area contributed by atoms with Crippen LogP contribution in [0.3, 0.4) is 0 Å². The minimum atomic E-state index is -4.72. The van der Waals surface area contributed by atoms with Crippen molar-refractivity contribution in [2.24, 2.45) is 0 Å². The predicted molar refractivity (Wildman–Crippen MR) is 133 cm³/mol. The molecule has 1 aliphatic heterocycles. The lowest BCUT2D eigenvalue weighted by Crippen LogP contribution is -2.41. The normalized spacial score (nSPS) is 15.4. The van der Waals surface area contributed by atoms with Crippen molar-refractivity contribution in [2.75, 3.05) is 25.0 Å². The highest BCUT2D eigenvalue weighted by Gasteiger charge is 2.34. The number of carbonyl (C=O) groups is 1. The van der Waals surface area contributed by atoms with Crippen LogP contribution in [-0.4, -0.2) is 46.3 Å². The van der Waals surface area contributed by atoms with E-state index in [4.69, 9.17) is 0 Å². The van der Waals surface area contributed by atoms with E-state index in [0.29, 0.717) is 30.2 Å². The number of halogens is 4. The van der Waals surface area contributed by atoms with Crippen molar-refractivity contribution in [1.29, 1.82) is 0 Å². The first-order valence-electron chi connectivity index (χ1n) is 11.9. The Hall–Kier alpha value is -3.79. The van der Waals surface area contributed by atoms with E-state index < -0.39 is 24.0 Å². The van der Waals surface area contributed by atoms with Crippen molar-refractivity contribution < 1.29 is 22.4 Å². The second-order valence-electron chi connectivity index (χ2n) is 9.29. The Morgan fingerprint density at radius 2 is 1.81 bits per heavy atom. The van der Waals surface area contributed by atoms with Gasteiger partial charge in [0.25, 0.3) is 5.56 Å². The fraction of sp³-hybridized carbons (Fsp3) is 0.296. The third kappa shape index (κ3) is 5.34. The molecule has 0 spiro atoms. The topological polar surface area (TPSA) is 78.1 Å². The number of carbonyl (C=O) groups excluding carboxylic acids is 1. The molecule has 6 nitrogen and oxygen atoms in total. The Morgan fingerprint density at radius 1 is 1.08 bits per heavy atom. The van der Waals surface area contributed by atoms with E-state index in [2.05, 4.69) is 15.3 Å². The largest absolute Gasteiger partial charge is 0.416 e. The van der Waals surface area contributed by atoms with Gasteiger partial charge in [0.2, 0.25) is 0 Å². The first kappa shape index (κ1) is 24.9. The number of ketones is 1. The molecule has 0 saturated carbocycles. The molecule has 2 aromatic heterocycles. The summed E-state index contributed by atoms with van der Waals surface area (Å²) in [6, 6.07) is 11.7. The maximum atomic E-state index is 13.3. The van der Waals surface area contributed by atoms with Crippen molar-refractivity contribution >= 4 is 33.3 Å². The maximum Gasteiger partial charge on any atom is 0.416 e. The third-order valence-electron chi connectivity index (χ3n) is 6.74. The van der Waals surface area contributed by atoms with Crippen LogP contribution >= 0.6 is 0 Å². The molecule has 1 aliphatic rings. The number of likely N-dealkylation sites (tertiary alicyclic amines) is 1. The number of nitrogens with one attached hydrogen (secondary N) is 2. The Bertz CT molecular complexity index is 1520. The van der Waals surface area contributed by atoms with Crippen molar-refractivity contribution in [3.8, 4) is 0 Å². The Balaban J connectivity index is 1.24. The number of rotatable bonds is 6. The second-order valence-corrected chi connectivity index (χ2v) is 9.29. The number of alkyl halides is 3. The van der Waals surface area contributed by atoms with Gasteiger partial charge in [-0.2, -0.15) is 13.2 Å². The zero-order valence-corrected chi connectivity index (χ0v) is 19.7. The summed E-state index contributed by atoms with van der Waals surface area (Å²) in [6.45, 7) is 1.23. The molecular formula is C27H24F4N4O2. The fourth-order valence-corrected chi connectivity index (χ4v) is 4.96. The molecule has 0 aliphatic carbocycles. The molecule has 0 bridgehead atoms. The number of hydrogen-bond donors (Lipinski definition) is 2. The van der Waals surface area contributed by atoms with Gasteiger partial charge in [-0.3, -0.25) is 14.5 Å². The van der Waals surface area contributed by atoms with E-state index in [9.17, 15) is 27.2 Å². The van der Waals surface area contributed by atoms with E-state index in [1.54, 1.807) is 12.3 Å². The van der Waals surface area contributed by atoms with Gasteiger partial charge in [-0.25, -0.2) is 9.37 Å². The van der Waals surface area contributed by atoms with Crippen LogP contribution in [0.25, 0.3) is 21.8 Å². The average Bonchev–Trinajstić information content (AvgIpc) is 2.86. The predicted octanol–water partition coefficient (Wildman–Crippen LogP) is 4.92. The quantitative estimate of drug-likeness (QED) is 0.283. The number of Topliss-reactive ketones (excluding diaryl/α,β-unsaturated/α-hetero) is 1. The van der Waals surface area contributed by atoms with Crippen molar-refractivity contribution in [3.05, 3.63) is 82.0 Å². The standard InChI is InChI=1S/C27H24F4N4O2/c28-17-6-5-16(22(14-17)27(29,30)31)13-19(36)15-35-11-8-18(9-12-35)33-23-7-10-32-25-24(23)20-3-1-2-4-21(20)26(37)34-25/h1-7,10,14,18H,8-9,11-13,15H2,(H2,32,33,34,37). The number of aromatic nitrogens is 2. The van der Waals surface area contributed by atoms with Gasteiger partial charge in [-0.15, -0.1) is 0 Å². The van der Waals surface area contributed by atoms with Crippen LogP contribution < -0.4 is 10.9 Å². The summed E-state index contributed by atoms with van der Waals surface area (Å²) < 4.78 is 53.1. The molecule has 0 radical (unpaired) electrons. The maximum absolute atomic E-state index is 13.3. The van der Waals surface area contributed by atoms with Crippen LogP contribution in [-0.2, 0) is 17.4 Å². The van der Waals surface area contributed by atoms with Gasteiger partial charge in [0.15, 0.2) is 5.78 Å². The molecule has 192 valence electrons. The lowest BCUT2D eigenvalue weighted by molar-refractivity contribution is -0.138. The number of nitrogens with zero attached hydrogens (tertiary/aromatic N) is 2. The summed E-state index contributed by atoms with van der Waals surface area (Å²) in [5, 5.41) is 5.76. The van der Waals surface area contributed by atoms with Gasteiger partial charge in [-0.1, -0.05) is 24.3 Å². The average molecular weight is 513 g/mol. The number of H-pyrrole nitrogens is 1. The molecule has 0 atom stereocenters. The van der Waals surface area contributed by atoms with Gasteiger partial charge in [-0.05, 0) is 42.7 Å². The van der Waals surface area contributed by atoms with Gasteiger partial charge >= 0.3 is 6.18 Å². The van der Waals surface area contributed by atoms with Crippen LogP contribution in [0.1, 0.15) is 24.0 Å². The highest BCUT2D eigenvalue weighted by atomic mass is 19.4. The number of pyridine rings is 2. The fourth-order valence-electron chi connectivity index (χ4n) is 4.96. The summed E-state index contributed by atoms with van der Waals surface area (Å²) in [5.74, 6) is -1.33. The smallest absolute Gasteiger partial charge is 0.382 e. The summed E-state index contributed by atoms with van der Waals surface area (Å²) in [6.07, 6.45) is -2.04. The SMILES string of the molecule is O=C(Cc1ccc(F)cc1C(F)(F)F)CN1CCC(Nc2ccnc3[nH]c(=O)c4ccccc4c23)CC1. The molecule has 0 amide bonds. The zero-order valence-electron chi connectivity index (χ0n) is 19.7. The minimum absolute atomic E-state index is 0.0332. The van der Waals surface area contributed by atoms with E-state index in [1.165, 1.54) is 0 Å². The molecule has 2 aromatic carbocycles. The molecule has 1 fully saturated rings. The molecule has 5 rings (SSSR count). The summed E-state index contributed by atoms with van der Waals surface area (Å²) in [5.41, 5.74) is -0.181. The number of anilines is 1. The molecule has 3 heterocycles. The highest BCUT2D eigenvalue weighted by Crippen LogP contribution is 2.33. The number of piperidine rings is 1. The Kier molecular flexibility index (Phi) is 6.68. The van der Waals surface area contributed by atoms with Gasteiger partial charge in [0.1, 0.15) is 11.5 Å². The van der Waals surface area contributed by atoms with Crippen molar-refractivity contribution in [2.45, 2.75) is 31.5 Å². The lowest BCUT2D eigenvalue weighted by Gasteiger charge is -2.32. The van der Waals surface area contributed by atoms with Crippen LogP contribution in [0.15, 0.2) is 59.5 Å². The van der Waals surface area contributed by atoms with Gasteiger partial charge < -0.3 is 10.3 Å². The third-order valence-corrected chi connectivity index (χ3v) is 6.74. The number of benzene rings is 2. The van der Waals surface area contributed by atoms with Crippen molar-refractivity contribution in [3.63, 3.8) is 0 Å². The summed E-state index contributed by atoms with van der Waals surface area (Å²) in [7, 11) is 0. The molecule has 10 heteroatoms. The van der Waals surface area contributed by atoms with E-state index >= 15 is 0 Å². The first-order chi connectivity index (χ1) is 17.7. The lowest BCUT2D eigenvalue weighted by atomic mass is 10.00. The second kappa shape index (κ2) is 9.93. The van der Waals surface area contributed by atoms with Gasteiger partial charge in [0, 0.05) is 53.6 Å². The number of fused-ring (bicyclic) bond motifs is 3. The number of hydrogen-bond acceptors (Lipinski definition) is 5. The Labute approximate surface area is 209 Å². The van der Waals surface area contributed by atoms with Crippen LogP contribution in [0, 0.1) is 5.82 Å². The summed E-state index contributed by atoms with van der Waals surface area (Å²) in [4.78, 5) is 34.0. The molecule has 2 N–H and O–H groups in total. The molecule has 0 unspecified atom stereocenters. The number of aromatic amines is 1. The molecule has 1 saturated heterocycles. The van der Waals surface area contributed by atoms with Crippen molar-refractivity contribution in [1.82, 2.24) is 14.9 Å². The minimum Gasteiger partial charge on any atom is -0.382 e. The molecule has 4 aromatic rings. The van der Waals surface area contributed by atoms with Crippen LogP contribution in [0.4, 0.5) is 23.2 Å². The highest BCUT2D eigenvalue weighted by molar-refractivity contribution is 6.10. The zero-order chi connectivity index (χ0) is 26.2. The van der Waals surface area contributed by atoms with Crippen LogP contribution in [0.5, 0.6) is 0 Å². The van der Waals surface area contributed by atoms with E-state index in [-0.39, 0.29) is 29.5 Å². The van der Waals surface area contributed by atoms with Crippen LogP contribution in [0.2, 0.25) is 0 Å². The van der Waals surface area contributed by atoms with Gasteiger partial charge in [0.05, 0.1) is 12.1 Å². The molecule has 37 heavy (non-hydrogen) atoms. The van der Waals surface area contributed by atoms with E-state index in [0.717, 1.165) is 41.4 Å². The monoisotopic (exact) mass is 512 g/mol. The summed E-state index contributed by atoms with van der Waals surface area (Å²) >= 11 is 0. The Morgan fingerprint density at radius 3 is 2.54 bits per heavy atom. The first-order valence-corrected chi connectivity index (χ1v) is 11.9. The molecular weight excluding hydrogens is 488 g/mol.